The summed E-state index contributed by atoms with van der Waals surface area (Å²) in [6.45, 7) is 4.68. The van der Waals surface area contributed by atoms with E-state index in [1.54, 1.807) is 30.5 Å². The van der Waals surface area contributed by atoms with Gasteiger partial charge in [0.2, 0.25) is 0 Å². The van der Waals surface area contributed by atoms with Crippen LogP contribution in [-0.2, 0) is 26.9 Å². The van der Waals surface area contributed by atoms with Gasteiger partial charge in [0.1, 0.15) is 5.82 Å². The van der Waals surface area contributed by atoms with E-state index in [0.29, 0.717) is 23.3 Å². The van der Waals surface area contributed by atoms with Crippen molar-refractivity contribution in [2.75, 3.05) is 12.0 Å². The van der Waals surface area contributed by atoms with Crippen LogP contribution in [0.25, 0.3) is 11.1 Å². The first-order chi connectivity index (χ1) is 17.1. The predicted octanol–water partition coefficient (Wildman–Crippen LogP) is 4.36. The van der Waals surface area contributed by atoms with E-state index in [4.69, 9.17) is 10.5 Å². The number of nitrogen functional groups attached to an aromatic ring is 1. The lowest BCUT2D eigenvalue weighted by Gasteiger charge is -2.22. The normalized spacial score (nSPS) is 17.8. The number of sulfone groups is 1. The van der Waals surface area contributed by atoms with Crippen molar-refractivity contribution in [3.8, 4) is 11.1 Å². The number of aryl methyl sites for hydroxylation is 2. The molecule has 4 rings (SSSR count). The average Bonchev–Trinajstić information content (AvgIpc) is 3.26. The number of pyridine rings is 1. The van der Waals surface area contributed by atoms with Gasteiger partial charge in [0, 0.05) is 18.0 Å². The summed E-state index contributed by atoms with van der Waals surface area (Å²) < 4.78 is 29.6. The highest BCUT2D eigenvalue weighted by molar-refractivity contribution is 7.89. The third-order valence-electron chi connectivity index (χ3n) is 6.66. The molecule has 0 saturated heterocycles. The molecule has 0 radical (unpaired) electrons. The number of rotatable bonds is 8. The Morgan fingerprint density at radius 3 is 2.61 bits per heavy atom. The van der Waals surface area contributed by atoms with Crippen LogP contribution in [0.5, 0.6) is 0 Å². The highest BCUT2D eigenvalue weighted by atomic mass is 32.2. The van der Waals surface area contributed by atoms with E-state index < -0.39 is 9.84 Å². The summed E-state index contributed by atoms with van der Waals surface area (Å²) in [5.74, 6) is -0.197. The molecule has 36 heavy (non-hydrogen) atoms. The zero-order chi connectivity index (χ0) is 25.9. The van der Waals surface area contributed by atoms with Crippen LogP contribution in [0.15, 0.2) is 54.7 Å². The molecule has 3 N–H and O–H groups in total. The maximum atomic E-state index is 13.2. The largest absolute Gasteiger partial charge is 0.383 e. The van der Waals surface area contributed by atoms with Crippen molar-refractivity contribution in [2.45, 2.75) is 57.6 Å². The summed E-state index contributed by atoms with van der Waals surface area (Å²) in [5, 5.41) is 3.10. The monoisotopic (exact) mass is 507 g/mol. The molecule has 7 nitrogen and oxygen atoms in total. The molecule has 2 atom stereocenters. The van der Waals surface area contributed by atoms with Gasteiger partial charge >= 0.3 is 0 Å². The van der Waals surface area contributed by atoms with Gasteiger partial charge in [-0.2, -0.15) is 0 Å². The van der Waals surface area contributed by atoms with Gasteiger partial charge in [0.15, 0.2) is 9.84 Å². The summed E-state index contributed by atoms with van der Waals surface area (Å²) >= 11 is 0. The molecule has 1 aliphatic rings. The molecule has 2 aromatic carbocycles. The summed E-state index contributed by atoms with van der Waals surface area (Å²) in [7, 11) is -3.16. The molecule has 3 aromatic rings. The Morgan fingerprint density at radius 2 is 1.86 bits per heavy atom. The minimum Gasteiger partial charge on any atom is -0.383 e. The SMILES string of the molecule is Cc1ccc(CO[C@H]2CCC[C@@H]2NC(=O)c2cc(-c3cccc(CS(C)(=O)=O)c3)cnc2N)cc1C. The molecule has 1 fully saturated rings. The van der Waals surface area contributed by atoms with Crippen LogP contribution in [0, 0.1) is 13.8 Å². The van der Waals surface area contributed by atoms with Crippen LogP contribution in [0.2, 0.25) is 0 Å². The van der Waals surface area contributed by atoms with Crippen LogP contribution >= 0.6 is 0 Å². The van der Waals surface area contributed by atoms with Crippen molar-refractivity contribution >= 4 is 21.6 Å². The zero-order valence-corrected chi connectivity index (χ0v) is 21.8. The lowest BCUT2D eigenvalue weighted by molar-refractivity contribution is 0.0272. The van der Waals surface area contributed by atoms with Crippen molar-refractivity contribution in [2.24, 2.45) is 0 Å². The number of hydrogen-bond acceptors (Lipinski definition) is 6. The smallest absolute Gasteiger partial charge is 0.255 e. The van der Waals surface area contributed by atoms with E-state index in [2.05, 4.69) is 42.3 Å². The Labute approximate surface area is 213 Å². The molecular formula is C28H33N3O4S. The maximum Gasteiger partial charge on any atom is 0.255 e. The molecule has 1 aliphatic carbocycles. The Morgan fingerprint density at radius 1 is 1.06 bits per heavy atom. The molecule has 1 amide bonds. The number of hydrogen-bond donors (Lipinski definition) is 2. The van der Waals surface area contributed by atoms with Crippen LogP contribution in [-0.4, -0.2) is 37.7 Å². The second-order valence-electron chi connectivity index (χ2n) is 9.71. The van der Waals surface area contributed by atoms with Crippen LogP contribution in [0.1, 0.15) is 51.9 Å². The molecule has 0 spiro atoms. The lowest BCUT2D eigenvalue weighted by atomic mass is 10.0. The van der Waals surface area contributed by atoms with Gasteiger partial charge in [0.05, 0.1) is 30.1 Å². The highest BCUT2D eigenvalue weighted by Gasteiger charge is 2.30. The second kappa shape index (κ2) is 10.8. The predicted molar refractivity (Wildman–Crippen MR) is 142 cm³/mol. The Kier molecular flexibility index (Phi) is 7.76. The van der Waals surface area contributed by atoms with Gasteiger partial charge in [-0.25, -0.2) is 13.4 Å². The first-order valence-corrected chi connectivity index (χ1v) is 14.2. The lowest BCUT2D eigenvalue weighted by Crippen LogP contribution is -2.41. The molecule has 1 aromatic heterocycles. The number of anilines is 1. The minimum atomic E-state index is -3.16. The second-order valence-corrected chi connectivity index (χ2v) is 11.8. The van der Waals surface area contributed by atoms with Crippen LogP contribution < -0.4 is 11.1 Å². The number of amides is 1. The average molecular weight is 508 g/mol. The Hall–Kier alpha value is -3.23. The molecular weight excluding hydrogens is 474 g/mol. The number of nitrogens with one attached hydrogen (secondary N) is 1. The fourth-order valence-electron chi connectivity index (χ4n) is 4.59. The van der Waals surface area contributed by atoms with Gasteiger partial charge in [0.25, 0.3) is 5.91 Å². The summed E-state index contributed by atoms with van der Waals surface area (Å²) in [4.78, 5) is 17.4. The van der Waals surface area contributed by atoms with Crippen molar-refractivity contribution in [3.63, 3.8) is 0 Å². The molecule has 0 bridgehead atoms. The van der Waals surface area contributed by atoms with Gasteiger partial charge in [-0.1, -0.05) is 42.5 Å². The van der Waals surface area contributed by atoms with Gasteiger partial charge < -0.3 is 15.8 Å². The van der Waals surface area contributed by atoms with E-state index in [9.17, 15) is 13.2 Å². The third-order valence-corrected chi connectivity index (χ3v) is 7.51. The number of nitrogens with two attached hydrogens (primary N) is 1. The first-order valence-electron chi connectivity index (χ1n) is 12.1. The molecule has 190 valence electrons. The maximum absolute atomic E-state index is 13.2. The van der Waals surface area contributed by atoms with E-state index >= 15 is 0 Å². The number of benzene rings is 2. The van der Waals surface area contributed by atoms with Crippen LogP contribution in [0.3, 0.4) is 0 Å². The number of ether oxygens (including phenoxy) is 1. The summed E-state index contributed by atoms with van der Waals surface area (Å²) in [6.07, 6.45) is 5.43. The van der Waals surface area contributed by atoms with E-state index in [1.807, 2.05) is 6.07 Å². The van der Waals surface area contributed by atoms with Crippen molar-refractivity contribution < 1.29 is 17.9 Å². The van der Waals surface area contributed by atoms with E-state index in [1.165, 1.54) is 17.4 Å². The minimum absolute atomic E-state index is 0.0538. The third kappa shape index (κ3) is 6.50. The first kappa shape index (κ1) is 25.9. The number of aromatic nitrogens is 1. The number of carbonyl (C=O) groups is 1. The molecule has 0 aliphatic heterocycles. The zero-order valence-electron chi connectivity index (χ0n) is 21.0. The van der Waals surface area contributed by atoms with E-state index in [-0.39, 0.29) is 29.6 Å². The Balaban J connectivity index is 1.46. The highest BCUT2D eigenvalue weighted by Crippen LogP contribution is 2.27. The summed E-state index contributed by atoms with van der Waals surface area (Å²) in [6, 6.07) is 15.1. The Bertz CT molecular complexity index is 1370. The standard InChI is InChI=1S/C28H33N3O4S/c1-18-10-11-20(12-19(18)2)16-35-26-9-5-8-25(26)31-28(32)24-14-23(15-30-27(24)29)22-7-4-6-21(13-22)17-36(3,33)34/h4,6-7,10-15,25-26H,5,8-9,16-17H2,1-3H3,(H2,29,30)(H,31,32)/t25-,26-/m0/s1. The molecule has 0 unspecified atom stereocenters. The fraction of sp³-hybridized carbons (Fsp3) is 0.357. The fourth-order valence-corrected chi connectivity index (χ4v) is 5.38. The number of nitrogens with zero attached hydrogens (tertiary/aromatic N) is 1. The van der Waals surface area contributed by atoms with E-state index in [0.717, 1.165) is 30.4 Å². The van der Waals surface area contributed by atoms with Crippen molar-refractivity contribution in [1.82, 2.24) is 10.3 Å². The quantitative estimate of drug-likeness (QED) is 0.469. The molecule has 8 heteroatoms. The summed E-state index contributed by atoms with van der Waals surface area (Å²) in [5.41, 5.74) is 12.1. The topological polar surface area (TPSA) is 111 Å². The van der Waals surface area contributed by atoms with Crippen LogP contribution in [0.4, 0.5) is 5.82 Å². The van der Waals surface area contributed by atoms with Gasteiger partial charge in [-0.3, -0.25) is 4.79 Å². The van der Waals surface area contributed by atoms with Gasteiger partial charge in [-0.15, -0.1) is 0 Å². The van der Waals surface area contributed by atoms with Crippen molar-refractivity contribution in [3.05, 3.63) is 82.5 Å². The molecule has 1 heterocycles. The number of carbonyl (C=O) groups excluding carboxylic acids is 1. The molecule has 1 saturated carbocycles. The van der Waals surface area contributed by atoms with Gasteiger partial charge in [-0.05, 0) is 67.0 Å². The van der Waals surface area contributed by atoms with Crippen molar-refractivity contribution in [1.29, 1.82) is 0 Å².